The lowest BCUT2D eigenvalue weighted by Gasteiger charge is -2.09. The number of carboxylic acids is 1. The predicted octanol–water partition coefficient (Wildman–Crippen LogP) is 4.61. The largest absolute Gasteiger partial charge is 0.477 e. The van der Waals surface area contributed by atoms with Gasteiger partial charge in [0.15, 0.2) is 5.71 Å². The quantitative estimate of drug-likeness (QED) is 0.874. The first-order chi connectivity index (χ1) is 10.5. The van der Waals surface area contributed by atoms with E-state index in [1.807, 2.05) is 31.2 Å². The second kappa shape index (κ2) is 5.75. The third-order valence-corrected chi connectivity index (χ3v) is 4.51. The number of carboxylic acid groups (broad SMARTS) is 1. The Balaban J connectivity index is 1.93. The number of benzene rings is 1. The third kappa shape index (κ3) is 2.51. The van der Waals surface area contributed by atoms with Crippen molar-refractivity contribution in [3.63, 3.8) is 0 Å². The molecule has 2 aliphatic rings. The van der Waals surface area contributed by atoms with E-state index in [1.54, 1.807) is 6.07 Å². The highest BCUT2D eigenvalue weighted by Gasteiger charge is 2.30. The summed E-state index contributed by atoms with van der Waals surface area (Å²) in [4.78, 5) is 15.5. The molecule has 0 saturated heterocycles. The van der Waals surface area contributed by atoms with Gasteiger partial charge in [0.05, 0.1) is 15.7 Å². The first-order valence-electron chi connectivity index (χ1n) is 6.92. The Morgan fingerprint density at radius 2 is 2.00 bits per heavy atom. The lowest BCUT2D eigenvalue weighted by molar-refractivity contribution is -0.129. The van der Waals surface area contributed by atoms with Crippen molar-refractivity contribution >= 4 is 34.9 Å². The summed E-state index contributed by atoms with van der Waals surface area (Å²) in [5.41, 5.74) is 4.73. The Morgan fingerprint density at radius 3 is 2.64 bits per heavy atom. The summed E-state index contributed by atoms with van der Waals surface area (Å²) in [5.74, 6) is -0.978. The average Bonchev–Trinajstić information content (AvgIpc) is 3.02. The smallest absolute Gasteiger partial charge is 0.354 e. The molecule has 0 radical (unpaired) electrons. The van der Waals surface area contributed by atoms with Gasteiger partial charge >= 0.3 is 5.97 Å². The number of nitrogens with zero attached hydrogens (tertiary/aromatic N) is 1. The van der Waals surface area contributed by atoms with Gasteiger partial charge in [-0.2, -0.15) is 0 Å². The maximum absolute atomic E-state index is 11.3. The maximum atomic E-state index is 11.3. The second-order valence-electron chi connectivity index (χ2n) is 5.14. The zero-order chi connectivity index (χ0) is 15.9. The van der Waals surface area contributed by atoms with Gasteiger partial charge < -0.3 is 5.11 Å². The van der Waals surface area contributed by atoms with E-state index < -0.39 is 5.97 Å². The van der Waals surface area contributed by atoms with Crippen molar-refractivity contribution in [3.8, 4) is 0 Å². The first-order valence-corrected chi connectivity index (χ1v) is 7.68. The highest BCUT2D eigenvalue weighted by Crippen LogP contribution is 2.38. The number of hydrogen-bond acceptors (Lipinski definition) is 2. The van der Waals surface area contributed by atoms with Crippen molar-refractivity contribution in [1.82, 2.24) is 0 Å². The van der Waals surface area contributed by atoms with Gasteiger partial charge in [-0.15, -0.1) is 0 Å². The van der Waals surface area contributed by atoms with Crippen LogP contribution in [-0.2, 0) is 11.2 Å². The number of hydrogen-bond donors (Lipinski definition) is 1. The van der Waals surface area contributed by atoms with Gasteiger partial charge in [-0.3, -0.25) is 0 Å². The minimum atomic E-state index is -0.978. The molecule has 0 aromatic heterocycles. The SMILES string of the molecule is CCC1=C2C(Cc3ccc(Cl)c(Cl)c3)=CC=C2N=C1C(=O)O. The first kappa shape index (κ1) is 15.1. The molecule has 3 rings (SSSR count). The number of allylic oxidation sites excluding steroid dienone is 3. The molecule has 0 unspecified atom stereocenters. The molecule has 1 N–H and O–H groups in total. The van der Waals surface area contributed by atoms with Crippen LogP contribution in [0.5, 0.6) is 0 Å². The molecule has 112 valence electrons. The molecule has 0 fully saturated rings. The van der Waals surface area contributed by atoms with Crippen LogP contribution in [0, 0.1) is 0 Å². The fraction of sp³-hybridized carbons (Fsp3) is 0.176. The molecule has 0 amide bonds. The molecule has 5 heteroatoms. The standard InChI is InChI=1S/C17H13Cl2NO2/c1-2-11-15-10(4-6-14(15)20-16(11)17(21)22)7-9-3-5-12(18)13(19)8-9/h3-6,8H,2,7H2,1H3,(H,21,22). The summed E-state index contributed by atoms with van der Waals surface area (Å²) in [6.45, 7) is 1.94. The summed E-state index contributed by atoms with van der Waals surface area (Å²) in [5, 5.41) is 10.3. The minimum Gasteiger partial charge on any atom is -0.477 e. The number of rotatable bonds is 4. The zero-order valence-corrected chi connectivity index (χ0v) is 13.4. The van der Waals surface area contributed by atoms with Crippen LogP contribution in [0.25, 0.3) is 0 Å². The minimum absolute atomic E-state index is 0.156. The Kier molecular flexibility index (Phi) is 3.94. The van der Waals surface area contributed by atoms with Crippen molar-refractivity contribution in [2.75, 3.05) is 0 Å². The van der Waals surface area contributed by atoms with Gasteiger partial charge in [0.25, 0.3) is 0 Å². The third-order valence-electron chi connectivity index (χ3n) is 3.77. The Bertz CT molecular complexity index is 801. The van der Waals surface area contributed by atoms with Crippen LogP contribution in [0.2, 0.25) is 10.0 Å². The lowest BCUT2D eigenvalue weighted by Crippen LogP contribution is -2.13. The van der Waals surface area contributed by atoms with E-state index >= 15 is 0 Å². The molecule has 1 aromatic rings. The zero-order valence-electron chi connectivity index (χ0n) is 11.9. The Morgan fingerprint density at radius 1 is 1.23 bits per heavy atom. The van der Waals surface area contributed by atoms with E-state index in [0.29, 0.717) is 22.9 Å². The highest BCUT2D eigenvalue weighted by atomic mass is 35.5. The molecule has 0 spiro atoms. The summed E-state index contributed by atoms with van der Waals surface area (Å²) in [7, 11) is 0. The van der Waals surface area contributed by atoms with E-state index in [4.69, 9.17) is 23.2 Å². The van der Waals surface area contributed by atoms with Crippen molar-refractivity contribution in [2.24, 2.45) is 4.99 Å². The molecule has 0 saturated carbocycles. The van der Waals surface area contributed by atoms with Gasteiger partial charge in [-0.1, -0.05) is 42.3 Å². The molecule has 3 nitrogen and oxygen atoms in total. The van der Waals surface area contributed by atoms with Gasteiger partial charge in [-0.25, -0.2) is 9.79 Å². The number of fused-ring (bicyclic) bond motifs is 1. The van der Waals surface area contributed by atoms with Gasteiger partial charge in [0, 0.05) is 5.57 Å². The maximum Gasteiger partial charge on any atom is 0.354 e. The number of carbonyl (C=O) groups is 1. The van der Waals surface area contributed by atoms with Crippen molar-refractivity contribution in [1.29, 1.82) is 0 Å². The molecule has 1 heterocycles. The second-order valence-corrected chi connectivity index (χ2v) is 5.96. The Hall–Kier alpha value is -1.84. The van der Waals surface area contributed by atoms with E-state index in [9.17, 15) is 9.90 Å². The van der Waals surface area contributed by atoms with Gasteiger partial charge in [0.2, 0.25) is 0 Å². The van der Waals surface area contributed by atoms with Crippen LogP contribution < -0.4 is 0 Å². The normalized spacial score (nSPS) is 16.4. The molecular formula is C17H13Cl2NO2. The molecular weight excluding hydrogens is 321 g/mol. The fourth-order valence-corrected chi connectivity index (χ4v) is 3.12. The van der Waals surface area contributed by atoms with Crippen molar-refractivity contribution in [2.45, 2.75) is 19.8 Å². The van der Waals surface area contributed by atoms with Crippen LogP contribution in [0.4, 0.5) is 0 Å². The van der Waals surface area contributed by atoms with Gasteiger partial charge in [-0.05, 0) is 47.8 Å². The van der Waals surface area contributed by atoms with Gasteiger partial charge in [0.1, 0.15) is 0 Å². The van der Waals surface area contributed by atoms with E-state index in [1.165, 1.54) is 0 Å². The molecule has 0 bridgehead atoms. The van der Waals surface area contributed by atoms with E-state index in [2.05, 4.69) is 4.99 Å². The van der Waals surface area contributed by atoms with E-state index in [-0.39, 0.29) is 5.71 Å². The summed E-state index contributed by atoms with van der Waals surface area (Å²) >= 11 is 12.0. The monoisotopic (exact) mass is 333 g/mol. The molecule has 0 atom stereocenters. The summed E-state index contributed by atoms with van der Waals surface area (Å²) < 4.78 is 0. The highest BCUT2D eigenvalue weighted by molar-refractivity contribution is 6.44. The molecule has 22 heavy (non-hydrogen) atoms. The Labute approximate surface area is 138 Å². The fourth-order valence-electron chi connectivity index (χ4n) is 2.80. The van der Waals surface area contributed by atoms with Crippen molar-refractivity contribution < 1.29 is 9.90 Å². The molecule has 1 aliphatic carbocycles. The lowest BCUT2D eigenvalue weighted by atomic mass is 9.94. The summed E-state index contributed by atoms with van der Waals surface area (Å²) in [6.07, 6.45) is 5.16. The summed E-state index contributed by atoms with van der Waals surface area (Å²) in [6, 6.07) is 5.53. The number of aliphatic carboxylic acids is 1. The van der Waals surface area contributed by atoms with Crippen LogP contribution in [0.3, 0.4) is 0 Å². The van der Waals surface area contributed by atoms with Crippen molar-refractivity contribution in [3.05, 3.63) is 68.4 Å². The molecule has 1 aromatic carbocycles. The van der Waals surface area contributed by atoms with E-state index in [0.717, 1.165) is 28.0 Å². The number of aliphatic imine (C=N–C) groups is 1. The predicted molar refractivity (Wildman–Crippen MR) is 88.7 cm³/mol. The molecule has 1 aliphatic heterocycles. The topological polar surface area (TPSA) is 49.7 Å². The average molecular weight is 334 g/mol. The van der Waals surface area contributed by atoms with Crippen LogP contribution in [-0.4, -0.2) is 16.8 Å². The van der Waals surface area contributed by atoms with Crippen LogP contribution in [0.15, 0.2) is 57.8 Å². The van der Waals surface area contributed by atoms with Crippen LogP contribution >= 0.6 is 23.2 Å². The number of halogens is 2. The van der Waals surface area contributed by atoms with Crippen LogP contribution in [0.1, 0.15) is 18.9 Å².